The van der Waals surface area contributed by atoms with Gasteiger partial charge in [-0.15, -0.1) is 0 Å². The van der Waals surface area contributed by atoms with Gasteiger partial charge in [-0.2, -0.15) is 0 Å². The summed E-state index contributed by atoms with van der Waals surface area (Å²) in [5.41, 5.74) is 1.65. The first-order valence-corrected chi connectivity index (χ1v) is 8.63. The molecule has 7 heteroatoms. The SMILES string of the molecule is O=C1CCC(N2C(=O)c3cccc(C4CCCNC4)c3C2=O)C(=O)N1. The Bertz CT molecular complexity index is 783. The lowest BCUT2D eigenvalue weighted by Crippen LogP contribution is -2.54. The summed E-state index contributed by atoms with van der Waals surface area (Å²) in [6.07, 6.45) is 2.29. The zero-order valence-corrected chi connectivity index (χ0v) is 13.7. The topological polar surface area (TPSA) is 95.6 Å². The van der Waals surface area contributed by atoms with E-state index in [2.05, 4.69) is 10.6 Å². The van der Waals surface area contributed by atoms with Crippen molar-refractivity contribution in [3.8, 4) is 0 Å². The molecule has 4 rings (SSSR count). The molecule has 2 fully saturated rings. The molecule has 0 bridgehead atoms. The van der Waals surface area contributed by atoms with Gasteiger partial charge in [-0.3, -0.25) is 29.4 Å². The highest BCUT2D eigenvalue weighted by Crippen LogP contribution is 2.35. The van der Waals surface area contributed by atoms with Crippen LogP contribution in [0.15, 0.2) is 18.2 Å². The van der Waals surface area contributed by atoms with Crippen LogP contribution in [0.1, 0.15) is 57.9 Å². The van der Waals surface area contributed by atoms with Crippen LogP contribution in [0.4, 0.5) is 0 Å². The number of carbonyl (C=O) groups excluding carboxylic acids is 4. The Morgan fingerprint density at radius 1 is 1.04 bits per heavy atom. The van der Waals surface area contributed by atoms with Crippen LogP contribution in [0.25, 0.3) is 0 Å². The molecule has 0 radical (unpaired) electrons. The fourth-order valence-electron chi connectivity index (χ4n) is 4.00. The molecule has 3 heterocycles. The van der Waals surface area contributed by atoms with Gasteiger partial charge < -0.3 is 5.32 Å². The van der Waals surface area contributed by atoms with E-state index in [9.17, 15) is 19.2 Å². The number of benzene rings is 1. The van der Waals surface area contributed by atoms with E-state index < -0.39 is 23.8 Å². The molecule has 2 N–H and O–H groups in total. The van der Waals surface area contributed by atoms with Crippen LogP contribution in [0.5, 0.6) is 0 Å². The van der Waals surface area contributed by atoms with Gasteiger partial charge in [-0.25, -0.2) is 0 Å². The van der Waals surface area contributed by atoms with E-state index in [-0.39, 0.29) is 24.7 Å². The Balaban J connectivity index is 1.70. The number of carbonyl (C=O) groups is 4. The molecular formula is C18H19N3O4. The van der Waals surface area contributed by atoms with Gasteiger partial charge in [0, 0.05) is 13.0 Å². The van der Waals surface area contributed by atoms with Crippen molar-refractivity contribution in [2.24, 2.45) is 0 Å². The standard InChI is InChI=1S/C18H19N3O4/c22-14-7-6-13(16(23)20-14)21-17(24)12-5-1-4-11(15(12)18(21)25)10-3-2-8-19-9-10/h1,4-5,10,13,19H,2-3,6-9H2,(H,20,22,23). The number of piperidine rings is 2. The lowest BCUT2D eigenvalue weighted by atomic mass is 9.87. The van der Waals surface area contributed by atoms with Crippen molar-refractivity contribution in [2.45, 2.75) is 37.6 Å². The second-order valence-electron chi connectivity index (χ2n) is 6.76. The van der Waals surface area contributed by atoms with Gasteiger partial charge in [0.05, 0.1) is 11.1 Å². The van der Waals surface area contributed by atoms with Crippen LogP contribution in [0.3, 0.4) is 0 Å². The molecule has 3 aliphatic rings. The highest BCUT2D eigenvalue weighted by molar-refractivity contribution is 6.24. The number of hydrogen-bond donors (Lipinski definition) is 2. The normalized spacial score (nSPS) is 26.6. The van der Waals surface area contributed by atoms with E-state index in [1.807, 2.05) is 6.07 Å². The summed E-state index contributed by atoms with van der Waals surface area (Å²) < 4.78 is 0. The summed E-state index contributed by atoms with van der Waals surface area (Å²) in [4.78, 5) is 50.3. The minimum Gasteiger partial charge on any atom is -0.316 e. The maximum Gasteiger partial charge on any atom is 0.262 e. The van der Waals surface area contributed by atoms with E-state index in [1.54, 1.807) is 12.1 Å². The molecule has 25 heavy (non-hydrogen) atoms. The van der Waals surface area contributed by atoms with Crippen molar-refractivity contribution >= 4 is 23.6 Å². The van der Waals surface area contributed by atoms with E-state index in [0.717, 1.165) is 36.4 Å². The first-order valence-electron chi connectivity index (χ1n) is 8.63. The first-order chi connectivity index (χ1) is 12.1. The third-order valence-electron chi connectivity index (χ3n) is 5.24. The van der Waals surface area contributed by atoms with Gasteiger partial charge >= 0.3 is 0 Å². The zero-order valence-electron chi connectivity index (χ0n) is 13.7. The molecule has 1 aromatic carbocycles. The van der Waals surface area contributed by atoms with Crippen molar-refractivity contribution in [1.82, 2.24) is 15.5 Å². The van der Waals surface area contributed by atoms with E-state index in [0.29, 0.717) is 11.1 Å². The van der Waals surface area contributed by atoms with Gasteiger partial charge in [0.25, 0.3) is 11.8 Å². The molecule has 2 unspecified atom stereocenters. The van der Waals surface area contributed by atoms with Crippen LogP contribution in [-0.4, -0.2) is 47.7 Å². The minimum absolute atomic E-state index is 0.128. The number of hydrogen-bond acceptors (Lipinski definition) is 5. The van der Waals surface area contributed by atoms with Crippen molar-refractivity contribution in [1.29, 1.82) is 0 Å². The molecule has 0 aliphatic carbocycles. The maximum absolute atomic E-state index is 13.0. The molecule has 2 saturated heterocycles. The average Bonchev–Trinajstić information content (AvgIpc) is 2.87. The van der Waals surface area contributed by atoms with Gasteiger partial charge in [-0.1, -0.05) is 12.1 Å². The predicted octanol–water partition coefficient (Wildman–Crippen LogP) is 0.555. The molecule has 0 saturated carbocycles. The molecule has 2 atom stereocenters. The van der Waals surface area contributed by atoms with Crippen LogP contribution in [-0.2, 0) is 9.59 Å². The van der Waals surface area contributed by atoms with Crippen LogP contribution >= 0.6 is 0 Å². The molecule has 0 aromatic heterocycles. The monoisotopic (exact) mass is 341 g/mol. The van der Waals surface area contributed by atoms with Gasteiger partial charge in [0.2, 0.25) is 11.8 Å². The molecule has 130 valence electrons. The third-order valence-corrected chi connectivity index (χ3v) is 5.24. The quantitative estimate of drug-likeness (QED) is 0.766. The second kappa shape index (κ2) is 6.07. The number of amides is 4. The molecular weight excluding hydrogens is 322 g/mol. The van der Waals surface area contributed by atoms with Crippen LogP contribution in [0.2, 0.25) is 0 Å². The summed E-state index contributed by atoms with van der Waals surface area (Å²) in [5.74, 6) is -1.63. The summed E-state index contributed by atoms with van der Waals surface area (Å²) in [5, 5.41) is 5.54. The Hall–Kier alpha value is -2.54. The fourth-order valence-corrected chi connectivity index (χ4v) is 4.00. The maximum atomic E-state index is 13.0. The second-order valence-corrected chi connectivity index (χ2v) is 6.76. The summed E-state index contributed by atoms with van der Waals surface area (Å²) in [6, 6.07) is 4.42. The molecule has 7 nitrogen and oxygen atoms in total. The van der Waals surface area contributed by atoms with Crippen molar-refractivity contribution in [2.75, 3.05) is 13.1 Å². The number of nitrogens with zero attached hydrogens (tertiary/aromatic N) is 1. The lowest BCUT2D eigenvalue weighted by molar-refractivity contribution is -0.136. The molecule has 3 aliphatic heterocycles. The Morgan fingerprint density at radius 2 is 1.88 bits per heavy atom. The third kappa shape index (κ3) is 2.55. The van der Waals surface area contributed by atoms with Crippen molar-refractivity contribution in [3.05, 3.63) is 34.9 Å². The number of nitrogens with one attached hydrogen (secondary N) is 2. The Kier molecular flexibility index (Phi) is 3.88. The predicted molar refractivity (Wildman–Crippen MR) is 88.0 cm³/mol. The first kappa shape index (κ1) is 16.0. The Morgan fingerprint density at radius 3 is 2.60 bits per heavy atom. The lowest BCUT2D eigenvalue weighted by Gasteiger charge is -2.28. The van der Waals surface area contributed by atoms with Crippen LogP contribution < -0.4 is 10.6 Å². The minimum atomic E-state index is -0.914. The average molecular weight is 341 g/mol. The molecule has 1 aromatic rings. The van der Waals surface area contributed by atoms with E-state index in [4.69, 9.17) is 0 Å². The smallest absolute Gasteiger partial charge is 0.262 e. The number of fused-ring (bicyclic) bond motifs is 1. The number of rotatable bonds is 2. The van der Waals surface area contributed by atoms with E-state index in [1.165, 1.54) is 0 Å². The summed E-state index contributed by atoms with van der Waals surface area (Å²) in [6.45, 7) is 1.73. The zero-order chi connectivity index (χ0) is 17.6. The van der Waals surface area contributed by atoms with Gasteiger partial charge in [-0.05, 0) is 43.4 Å². The van der Waals surface area contributed by atoms with Crippen LogP contribution in [0, 0.1) is 0 Å². The highest BCUT2D eigenvalue weighted by Gasteiger charge is 2.46. The highest BCUT2D eigenvalue weighted by atomic mass is 16.2. The fraction of sp³-hybridized carbons (Fsp3) is 0.444. The Labute approximate surface area is 144 Å². The summed E-state index contributed by atoms with van der Waals surface area (Å²) >= 11 is 0. The molecule has 4 amide bonds. The van der Waals surface area contributed by atoms with E-state index >= 15 is 0 Å². The number of imide groups is 2. The van der Waals surface area contributed by atoms with Gasteiger partial charge in [0.1, 0.15) is 6.04 Å². The summed E-state index contributed by atoms with van der Waals surface area (Å²) in [7, 11) is 0. The van der Waals surface area contributed by atoms with Gasteiger partial charge in [0.15, 0.2) is 0 Å². The van der Waals surface area contributed by atoms with Crippen molar-refractivity contribution < 1.29 is 19.2 Å². The largest absolute Gasteiger partial charge is 0.316 e. The van der Waals surface area contributed by atoms with Crippen molar-refractivity contribution in [3.63, 3.8) is 0 Å². The molecule has 0 spiro atoms.